The van der Waals surface area contributed by atoms with E-state index in [4.69, 9.17) is 0 Å². The number of ether oxygens (including phenoxy) is 1. The number of nitrogens with one attached hydrogen (secondary N) is 1. The second kappa shape index (κ2) is 6.78. The summed E-state index contributed by atoms with van der Waals surface area (Å²) in [6.45, 7) is 1.29. The van der Waals surface area contributed by atoms with Crippen LogP contribution in [0.25, 0.3) is 0 Å². The molecule has 0 aliphatic carbocycles. The highest BCUT2D eigenvalue weighted by atomic mass is 32.1. The van der Waals surface area contributed by atoms with Crippen LogP contribution in [0, 0.1) is 0 Å². The summed E-state index contributed by atoms with van der Waals surface area (Å²) in [7, 11) is 1.33. The minimum absolute atomic E-state index is 0.144. The van der Waals surface area contributed by atoms with Gasteiger partial charge in [-0.15, -0.1) is 11.3 Å². The van der Waals surface area contributed by atoms with Crippen molar-refractivity contribution >= 4 is 28.3 Å². The fraction of sp³-hybridized carbons (Fsp3) is 0.429. The second-order valence-electron chi connectivity index (χ2n) is 5.24. The molecule has 3 heterocycles. The number of hydrogen-bond acceptors (Lipinski definition) is 6. The van der Waals surface area contributed by atoms with Gasteiger partial charge in [0.15, 0.2) is 0 Å². The minimum Gasteiger partial charge on any atom is -0.465 e. The summed E-state index contributed by atoms with van der Waals surface area (Å²) in [6.07, 6.45) is 5.06. The quantitative estimate of drug-likeness (QED) is 0.867. The third-order valence-corrected chi connectivity index (χ3v) is 4.59. The Bertz CT molecular complexity index is 684. The number of aromatic nitrogens is 3. The lowest BCUT2D eigenvalue weighted by molar-refractivity contribution is 0.0601. The van der Waals surface area contributed by atoms with E-state index in [2.05, 4.69) is 20.1 Å². The predicted octanol–water partition coefficient (Wildman–Crippen LogP) is 2.00. The molecule has 1 aliphatic rings. The molecule has 23 heavy (non-hydrogen) atoms. The van der Waals surface area contributed by atoms with Gasteiger partial charge in [0.05, 0.1) is 23.7 Å². The number of carbonyl (C=O) groups excluding carboxylic acids is 2. The third kappa shape index (κ3) is 3.50. The summed E-state index contributed by atoms with van der Waals surface area (Å²) in [5.41, 5.74) is 0.437. The van der Waals surface area contributed by atoms with Gasteiger partial charge in [-0.25, -0.2) is 19.3 Å². The number of rotatable bonds is 3. The van der Waals surface area contributed by atoms with Crippen molar-refractivity contribution in [2.75, 3.05) is 25.5 Å². The van der Waals surface area contributed by atoms with Crippen LogP contribution in [0.2, 0.25) is 0 Å². The van der Waals surface area contributed by atoms with E-state index < -0.39 is 5.97 Å². The Kier molecular flexibility index (Phi) is 4.56. The maximum Gasteiger partial charge on any atom is 0.338 e. The van der Waals surface area contributed by atoms with Gasteiger partial charge < -0.3 is 9.64 Å². The first-order valence-corrected chi connectivity index (χ1v) is 8.12. The summed E-state index contributed by atoms with van der Waals surface area (Å²) < 4.78 is 6.45. The Morgan fingerprint density at radius 2 is 2.35 bits per heavy atom. The molecule has 2 aromatic rings. The number of anilines is 1. The summed E-state index contributed by atoms with van der Waals surface area (Å²) in [5, 5.41) is 9.26. The molecule has 8 nitrogen and oxygen atoms in total. The number of methoxy groups -OCH3 is 1. The summed E-state index contributed by atoms with van der Waals surface area (Å²) in [6, 6.07) is 1.59. The van der Waals surface area contributed by atoms with Gasteiger partial charge in [-0.05, 0) is 18.9 Å². The van der Waals surface area contributed by atoms with Gasteiger partial charge in [0.25, 0.3) is 0 Å². The molecule has 1 N–H and O–H groups in total. The predicted molar refractivity (Wildman–Crippen MR) is 84.5 cm³/mol. The Labute approximate surface area is 137 Å². The lowest BCUT2D eigenvalue weighted by Crippen LogP contribution is -2.43. The first-order chi connectivity index (χ1) is 11.2. The van der Waals surface area contributed by atoms with Crippen LogP contribution in [0.15, 0.2) is 24.1 Å². The van der Waals surface area contributed by atoms with E-state index in [9.17, 15) is 9.59 Å². The summed E-state index contributed by atoms with van der Waals surface area (Å²) in [4.78, 5) is 29.5. The third-order valence-electron chi connectivity index (χ3n) is 3.75. The molecule has 1 aliphatic heterocycles. The fourth-order valence-corrected chi connectivity index (χ4v) is 3.33. The molecule has 1 atom stereocenters. The SMILES string of the molecule is COC(=O)c1csc(NC(=O)N2CCCC(n3cncn3)C2)c1. The van der Waals surface area contributed by atoms with Crippen LogP contribution in [0.5, 0.6) is 0 Å². The van der Waals surface area contributed by atoms with Gasteiger partial charge >= 0.3 is 12.0 Å². The zero-order valence-electron chi connectivity index (χ0n) is 12.6. The largest absolute Gasteiger partial charge is 0.465 e. The number of amides is 2. The Morgan fingerprint density at radius 3 is 3.09 bits per heavy atom. The van der Waals surface area contributed by atoms with Crippen molar-refractivity contribution in [2.24, 2.45) is 0 Å². The number of thiophene rings is 1. The number of piperidine rings is 1. The molecular weight excluding hydrogens is 318 g/mol. The maximum absolute atomic E-state index is 12.4. The number of hydrogen-bond donors (Lipinski definition) is 1. The number of carbonyl (C=O) groups is 2. The van der Waals surface area contributed by atoms with Crippen molar-refractivity contribution in [1.82, 2.24) is 19.7 Å². The van der Waals surface area contributed by atoms with E-state index in [0.717, 1.165) is 12.8 Å². The van der Waals surface area contributed by atoms with Crippen LogP contribution < -0.4 is 5.32 Å². The molecule has 122 valence electrons. The maximum atomic E-state index is 12.4. The van der Waals surface area contributed by atoms with E-state index in [1.165, 1.54) is 24.8 Å². The topological polar surface area (TPSA) is 89.4 Å². The molecule has 2 amide bonds. The minimum atomic E-state index is -0.411. The van der Waals surface area contributed by atoms with Crippen molar-refractivity contribution in [3.8, 4) is 0 Å². The molecule has 2 aromatic heterocycles. The molecule has 0 aromatic carbocycles. The van der Waals surface area contributed by atoms with E-state index in [-0.39, 0.29) is 12.1 Å². The molecular formula is C14H17N5O3S. The first-order valence-electron chi connectivity index (χ1n) is 7.24. The van der Waals surface area contributed by atoms with Crippen molar-refractivity contribution in [3.05, 3.63) is 29.7 Å². The van der Waals surface area contributed by atoms with Crippen molar-refractivity contribution in [1.29, 1.82) is 0 Å². The highest BCUT2D eigenvalue weighted by Gasteiger charge is 2.25. The number of likely N-dealkylation sites (tertiary alicyclic amines) is 1. The van der Waals surface area contributed by atoms with Gasteiger partial charge in [-0.2, -0.15) is 5.10 Å². The van der Waals surface area contributed by atoms with Gasteiger partial charge in [0, 0.05) is 18.5 Å². The molecule has 0 radical (unpaired) electrons. The second-order valence-corrected chi connectivity index (χ2v) is 6.15. The normalized spacial score (nSPS) is 17.8. The monoisotopic (exact) mass is 335 g/mol. The molecule has 1 fully saturated rings. The molecule has 1 saturated heterocycles. The van der Waals surface area contributed by atoms with Crippen molar-refractivity contribution in [2.45, 2.75) is 18.9 Å². The van der Waals surface area contributed by atoms with Crippen molar-refractivity contribution < 1.29 is 14.3 Å². The summed E-state index contributed by atoms with van der Waals surface area (Å²) in [5.74, 6) is -0.411. The zero-order chi connectivity index (χ0) is 16.2. The van der Waals surface area contributed by atoms with Crippen LogP contribution >= 0.6 is 11.3 Å². The Hall–Kier alpha value is -2.42. The van der Waals surface area contributed by atoms with Crippen LogP contribution in [-0.4, -0.2) is 51.9 Å². The van der Waals surface area contributed by atoms with Gasteiger partial charge in [-0.1, -0.05) is 0 Å². The molecule has 0 spiro atoms. The van der Waals surface area contributed by atoms with Gasteiger partial charge in [0.2, 0.25) is 0 Å². The molecule has 1 unspecified atom stereocenters. The van der Waals surface area contributed by atoms with Crippen LogP contribution in [0.1, 0.15) is 29.2 Å². The smallest absolute Gasteiger partial charge is 0.338 e. The van der Waals surface area contributed by atoms with Gasteiger partial charge in [0.1, 0.15) is 12.7 Å². The molecule has 0 saturated carbocycles. The molecule has 0 bridgehead atoms. The van der Waals surface area contributed by atoms with E-state index in [1.807, 2.05) is 0 Å². The standard InChI is InChI=1S/C14H17N5O3S/c1-22-13(20)10-5-12(23-7-10)17-14(21)18-4-2-3-11(6-18)19-9-15-8-16-19/h5,7-9,11H,2-4,6H2,1H3,(H,17,21). The first kappa shape index (κ1) is 15.5. The molecule has 3 rings (SSSR count). The fourth-order valence-electron chi connectivity index (χ4n) is 2.57. The highest BCUT2D eigenvalue weighted by Crippen LogP contribution is 2.24. The lowest BCUT2D eigenvalue weighted by Gasteiger charge is -2.32. The van der Waals surface area contributed by atoms with Crippen LogP contribution in [0.3, 0.4) is 0 Å². The average molecular weight is 335 g/mol. The van der Waals surface area contributed by atoms with E-state index in [0.29, 0.717) is 23.7 Å². The summed E-state index contributed by atoms with van der Waals surface area (Å²) >= 11 is 1.30. The lowest BCUT2D eigenvalue weighted by atomic mass is 10.1. The highest BCUT2D eigenvalue weighted by molar-refractivity contribution is 7.14. The van der Waals surface area contributed by atoms with Gasteiger partial charge in [-0.3, -0.25) is 5.32 Å². The van der Waals surface area contributed by atoms with E-state index >= 15 is 0 Å². The van der Waals surface area contributed by atoms with Crippen molar-refractivity contribution in [3.63, 3.8) is 0 Å². The van der Waals surface area contributed by atoms with E-state index in [1.54, 1.807) is 27.4 Å². The number of nitrogens with zero attached hydrogens (tertiary/aromatic N) is 4. The van der Waals surface area contributed by atoms with Crippen LogP contribution in [-0.2, 0) is 4.74 Å². The average Bonchev–Trinajstić information content (AvgIpc) is 3.26. The molecule has 9 heteroatoms. The zero-order valence-corrected chi connectivity index (χ0v) is 13.5. The van der Waals surface area contributed by atoms with Crippen LogP contribution in [0.4, 0.5) is 9.80 Å². The number of esters is 1. The number of urea groups is 1. The Morgan fingerprint density at radius 1 is 1.48 bits per heavy atom. The Balaban J connectivity index is 1.61.